The highest BCUT2D eigenvalue weighted by Gasteiger charge is 2.28. The van der Waals surface area contributed by atoms with Crippen LogP contribution in [0.15, 0.2) is 17.1 Å². The number of aromatic nitrogens is 2. The summed E-state index contributed by atoms with van der Waals surface area (Å²) in [6.07, 6.45) is 1.53. The number of nitrogens with zero attached hydrogens (tertiary/aromatic N) is 2. The van der Waals surface area contributed by atoms with E-state index >= 15 is 0 Å². The molecule has 0 aromatic carbocycles. The lowest BCUT2D eigenvalue weighted by molar-refractivity contribution is 0.542. The van der Waals surface area contributed by atoms with Crippen LogP contribution in [-0.2, 0) is 16.4 Å². The van der Waals surface area contributed by atoms with Crippen LogP contribution in [-0.4, -0.2) is 28.7 Å². The van der Waals surface area contributed by atoms with Gasteiger partial charge >= 0.3 is 0 Å². The van der Waals surface area contributed by atoms with Gasteiger partial charge in [0.25, 0.3) is 5.56 Å². The molecule has 7 heteroatoms. The Kier molecular flexibility index (Phi) is 4.34. The van der Waals surface area contributed by atoms with E-state index in [1.165, 1.54) is 16.9 Å². The third-order valence-electron chi connectivity index (χ3n) is 2.34. The lowest BCUT2D eigenvalue weighted by Gasteiger charge is -2.19. The molecular weight excluding hydrogens is 355 g/mol. The van der Waals surface area contributed by atoms with Gasteiger partial charge in [-0.15, -0.1) is 0 Å². The molecule has 1 rings (SSSR count). The van der Waals surface area contributed by atoms with Crippen molar-refractivity contribution in [2.24, 2.45) is 0 Å². The van der Waals surface area contributed by atoms with Crippen LogP contribution >= 0.6 is 22.6 Å². The van der Waals surface area contributed by atoms with Gasteiger partial charge in [-0.2, -0.15) is 5.10 Å². The second-order valence-corrected chi connectivity index (χ2v) is 8.77. The molecular formula is C10H15IN2O3S. The Labute approximate surface area is 114 Å². The van der Waals surface area contributed by atoms with Crippen LogP contribution in [0.3, 0.4) is 0 Å². The van der Waals surface area contributed by atoms with Crippen molar-refractivity contribution in [2.45, 2.75) is 32.1 Å². The van der Waals surface area contributed by atoms with Crippen LogP contribution in [0, 0.1) is 3.57 Å². The summed E-state index contributed by atoms with van der Waals surface area (Å²) in [5.74, 6) is -0.0794. The number of hydrogen-bond acceptors (Lipinski definition) is 4. The van der Waals surface area contributed by atoms with Gasteiger partial charge in [0.15, 0.2) is 9.84 Å². The summed E-state index contributed by atoms with van der Waals surface area (Å²) in [7, 11) is -3.22. The SMILES string of the molecule is CC(C)(C)S(=O)(=O)CCn1ncc(I)cc1=O. The summed E-state index contributed by atoms with van der Waals surface area (Å²) < 4.78 is 24.8. The van der Waals surface area contributed by atoms with E-state index in [4.69, 9.17) is 0 Å². The molecule has 0 N–H and O–H groups in total. The lowest BCUT2D eigenvalue weighted by Crippen LogP contribution is -2.34. The number of halogens is 1. The third-order valence-corrected chi connectivity index (χ3v) is 5.52. The van der Waals surface area contributed by atoms with Gasteiger partial charge in [-0.1, -0.05) is 0 Å². The van der Waals surface area contributed by atoms with E-state index in [0.717, 1.165) is 3.57 Å². The average Bonchev–Trinajstić information content (AvgIpc) is 2.14. The first kappa shape index (κ1) is 14.6. The van der Waals surface area contributed by atoms with Gasteiger partial charge in [-0.25, -0.2) is 13.1 Å². The first-order valence-corrected chi connectivity index (χ1v) is 7.81. The molecule has 5 nitrogen and oxygen atoms in total. The molecule has 0 saturated heterocycles. The van der Waals surface area contributed by atoms with E-state index in [-0.39, 0.29) is 17.9 Å². The Bertz CT molecular complexity index is 558. The summed E-state index contributed by atoms with van der Waals surface area (Å²) in [5.41, 5.74) is -0.277. The molecule has 1 aromatic rings. The monoisotopic (exact) mass is 370 g/mol. The minimum absolute atomic E-state index is 0.0794. The second-order valence-electron chi connectivity index (χ2n) is 4.67. The number of aryl methyl sites for hydroxylation is 1. The van der Waals surface area contributed by atoms with E-state index in [0.29, 0.717) is 0 Å². The second kappa shape index (κ2) is 5.05. The summed E-state index contributed by atoms with van der Waals surface area (Å²) in [4.78, 5) is 11.5. The summed E-state index contributed by atoms with van der Waals surface area (Å²) >= 11 is 1.99. The molecule has 96 valence electrons. The highest BCUT2D eigenvalue weighted by atomic mass is 127. The maximum absolute atomic E-state index is 11.9. The topological polar surface area (TPSA) is 69.0 Å². The van der Waals surface area contributed by atoms with Gasteiger partial charge in [0.05, 0.1) is 23.2 Å². The van der Waals surface area contributed by atoms with Crippen molar-refractivity contribution in [3.05, 3.63) is 26.2 Å². The van der Waals surface area contributed by atoms with Crippen molar-refractivity contribution < 1.29 is 8.42 Å². The Balaban J connectivity index is 2.86. The molecule has 1 heterocycles. The molecule has 0 spiro atoms. The molecule has 0 bridgehead atoms. The van der Waals surface area contributed by atoms with E-state index in [1.807, 2.05) is 22.6 Å². The zero-order chi connectivity index (χ0) is 13.3. The van der Waals surface area contributed by atoms with Gasteiger partial charge in [0, 0.05) is 9.64 Å². The van der Waals surface area contributed by atoms with E-state index in [9.17, 15) is 13.2 Å². The Morgan fingerprint density at radius 2 is 2.00 bits per heavy atom. The van der Waals surface area contributed by atoms with Crippen LogP contribution in [0.5, 0.6) is 0 Å². The fourth-order valence-corrected chi connectivity index (χ4v) is 2.51. The molecule has 0 aliphatic rings. The molecule has 0 aliphatic carbocycles. The third kappa shape index (κ3) is 3.77. The van der Waals surface area contributed by atoms with Gasteiger partial charge in [0.2, 0.25) is 0 Å². The minimum atomic E-state index is -3.22. The van der Waals surface area contributed by atoms with Crippen LogP contribution < -0.4 is 5.56 Å². The predicted octanol–water partition coefficient (Wildman–Crippen LogP) is 1.06. The summed E-state index contributed by atoms with van der Waals surface area (Å²) in [6, 6.07) is 1.43. The maximum atomic E-state index is 11.9. The normalized spacial score (nSPS) is 12.7. The van der Waals surface area contributed by atoms with Crippen molar-refractivity contribution in [1.29, 1.82) is 0 Å². The molecule has 0 atom stereocenters. The zero-order valence-corrected chi connectivity index (χ0v) is 12.9. The molecule has 1 aromatic heterocycles. The highest BCUT2D eigenvalue weighted by Crippen LogP contribution is 2.15. The molecule has 0 amide bonds. The van der Waals surface area contributed by atoms with Crippen LogP contribution in [0.2, 0.25) is 0 Å². The molecule has 0 fully saturated rings. The largest absolute Gasteiger partial charge is 0.268 e. The average molecular weight is 370 g/mol. The quantitative estimate of drug-likeness (QED) is 0.747. The van der Waals surface area contributed by atoms with Crippen molar-refractivity contribution >= 4 is 32.4 Å². The van der Waals surface area contributed by atoms with Gasteiger partial charge in [-0.3, -0.25) is 4.79 Å². The Morgan fingerprint density at radius 3 is 2.47 bits per heavy atom. The standard InChI is InChI=1S/C10H15IN2O3S/c1-10(2,3)17(15,16)5-4-13-9(14)6-8(11)7-12-13/h6-7H,4-5H2,1-3H3. The fraction of sp³-hybridized carbons (Fsp3) is 0.600. The minimum Gasteiger partial charge on any atom is -0.268 e. The maximum Gasteiger partial charge on any atom is 0.267 e. The summed E-state index contributed by atoms with van der Waals surface area (Å²) in [6.45, 7) is 5.03. The van der Waals surface area contributed by atoms with Crippen LogP contribution in [0.1, 0.15) is 20.8 Å². The van der Waals surface area contributed by atoms with Gasteiger partial charge in [-0.05, 0) is 43.4 Å². The van der Waals surface area contributed by atoms with Gasteiger partial charge < -0.3 is 0 Å². The number of sulfone groups is 1. The number of hydrogen-bond donors (Lipinski definition) is 0. The Morgan fingerprint density at radius 1 is 1.41 bits per heavy atom. The van der Waals surface area contributed by atoms with E-state index < -0.39 is 14.6 Å². The van der Waals surface area contributed by atoms with Crippen molar-refractivity contribution in [3.63, 3.8) is 0 Å². The molecule has 17 heavy (non-hydrogen) atoms. The predicted molar refractivity (Wildman–Crippen MR) is 74.8 cm³/mol. The lowest BCUT2D eigenvalue weighted by atomic mass is 10.3. The molecule has 0 radical (unpaired) electrons. The molecule has 0 aliphatic heterocycles. The van der Waals surface area contributed by atoms with Crippen molar-refractivity contribution in [2.75, 3.05) is 5.75 Å². The van der Waals surface area contributed by atoms with Crippen molar-refractivity contribution in [3.8, 4) is 0 Å². The van der Waals surface area contributed by atoms with E-state index in [2.05, 4.69) is 5.10 Å². The summed E-state index contributed by atoms with van der Waals surface area (Å²) in [5, 5.41) is 3.90. The van der Waals surface area contributed by atoms with Crippen LogP contribution in [0.4, 0.5) is 0 Å². The van der Waals surface area contributed by atoms with Crippen LogP contribution in [0.25, 0.3) is 0 Å². The smallest absolute Gasteiger partial charge is 0.267 e. The molecule has 0 saturated carbocycles. The highest BCUT2D eigenvalue weighted by molar-refractivity contribution is 14.1. The Hall–Kier alpha value is -0.440. The zero-order valence-electron chi connectivity index (χ0n) is 9.97. The van der Waals surface area contributed by atoms with Crippen molar-refractivity contribution in [1.82, 2.24) is 9.78 Å². The number of rotatable bonds is 3. The van der Waals surface area contributed by atoms with Gasteiger partial charge in [0.1, 0.15) is 0 Å². The van der Waals surface area contributed by atoms with E-state index in [1.54, 1.807) is 20.8 Å². The molecule has 0 unspecified atom stereocenters. The fourth-order valence-electron chi connectivity index (χ4n) is 1.09. The first-order valence-electron chi connectivity index (χ1n) is 5.08. The first-order chi connectivity index (χ1) is 7.63.